The Hall–Kier alpha value is -1.55. The van der Waals surface area contributed by atoms with Crippen LogP contribution in [0.2, 0.25) is 0 Å². The molecule has 0 aliphatic heterocycles. The van der Waals surface area contributed by atoms with Crippen molar-refractivity contribution in [3.63, 3.8) is 0 Å². The summed E-state index contributed by atoms with van der Waals surface area (Å²) in [4.78, 5) is 11.6. The highest BCUT2D eigenvalue weighted by molar-refractivity contribution is 7.09. The molecule has 182 valence electrons. The van der Waals surface area contributed by atoms with Gasteiger partial charge in [0.15, 0.2) is 0 Å². The predicted octanol–water partition coefficient (Wildman–Crippen LogP) is 5.54. The molecule has 0 bridgehead atoms. The van der Waals surface area contributed by atoms with Crippen molar-refractivity contribution in [1.29, 1.82) is 0 Å². The molecule has 6 heteroatoms. The van der Waals surface area contributed by atoms with Gasteiger partial charge in [-0.15, -0.1) is 0 Å². The van der Waals surface area contributed by atoms with E-state index < -0.39 is 12.3 Å². The molecule has 1 aromatic rings. The maximum absolute atomic E-state index is 14.8. The second-order valence-corrected chi connectivity index (χ2v) is 9.89. The lowest BCUT2D eigenvalue weighted by atomic mass is 9.89. The Morgan fingerprint density at radius 3 is 2.58 bits per heavy atom. The molecule has 4 nitrogen and oxygen atoms in total. The van der Waals surface area contributed by atoms with E-state index in [2.05, 4.69) is 33.8 Å². The Kier molecular flexibility index (Phi) is 10.1. The molecule has 0 amide bonds. The van der Waals surface area contributed by atoms with Gasteiger partial charge in [-0.25, -0.2) is 4.39 Å². The van der Waals surface area contributed by atoms with Gasteiger partial charge in [-0.2, -0.15) is 0 Å². The van der Waals surface area contributed by atoms with Gasteiger partial charge in [-0.3, -0.25) is 4.79 Å². The number of rotatable bonds is 11. The molecule has 1 N–H and O–H groups in total. The first-order chi connectivity index (χ1) is 15.9. The first-order valence-corrected chi connectivity index (χ1v) is 12.6. The SMILES string of the molecule is CC(C)OC(=O)CCC/C=C\C[C@H]1C(OP)CC(F)[C@@H]1/C=C/C(O)C1Cc2ccccc2C1. The number of esters is 1. The van der Waals surface area contributed by atoms with Gasteiger partial charge in [-0.1, -0.05) is 48.6 Å². The van der Waals surface area contributed by atoms with Crippen LogP contribution in [0.25, 0.3) is 0 Å². The molecule has 0 radical (unpaired) electrons. The fraction of sp³-hybridized carbons (Fsp3) is 0.593. The van der Waals surface area contributed by atoms with Gasteiger partial charge in [0.25, 0.3) is 0 Å². The van der Waals surface area contributed by atoms with E-state index in [9.17, 15) is 14.3 Å². The average Bonchev–Trinajstić information content (AvgIpc) is 3.34. The second-order valence-electron chi connectivity index (χ2n) is 9.62. The highest BCUT2D eigenvalue weighted by Gasteiger charge is 2.42. The number of allylic oxidation sites excluding steroid dienone is 3. The van der Waals surface area contributed by atoms with Crippen molar-refractivity contribution in [2.24, 2.45) is 17.8 Å². The molecule has 2 aliphatic rings. The van der Waals surface area contributed by atoms with Gasteiger partial charge in [-0.05, 0) is 68.9 Å². The lowest BCUT2D eigenvalue weighted by molar-refractivity contribution is -0.147. The molecule has 0 saturated heterocycles. The van der Waals surface area contributed by atoms with Crippen molar-refractivity contribution in [1.82, 2.24) is 0 Å². The van der Waals surface area contributed by atoms with Crippen molar-refractivity contribution in [3.8, 4) is 0 Å². The van der Waals surface area contributed by atoms with Gasteiger partial charge in [0, 0.05) is 28.2 Å². The van der Waals surface area contributed by atoms with E-state index in [-0.39, 0.29) is 35.9 Å². The number of benzene rings is 1. The number of alkyl halides is 1. The third-order valence-electron chi connectivity index (χ3n) is 6.81. The number of carbonyl (C=O) groups excluding carboxylic acids is 1. The minimum Gasteiger partial charge on any atom is -0.463 e. The van der Waals surface area contributed by atoms with Crippen LogP contribution in [-0.2, 0) is 26.9 Å². The summed E-state index contributed by atoms with van der Waals surface area (Å²) in [7, 11) is 2.28. The van der Waals surface area contributed by atoms with Crippen molar-refractivity contribution < 1.29 is 23.6 Å². The topological polar surface area (TPSA) is 55.8 Å². The predicted molar refractivity (Wildman–Crippen MR) is 132 cm³/mol. The fourth-order valence-corrected chi connectivity index (χ4v) is 5.40. The normalized spacial score (nSPS) is 26.5. The third kappa shape index (κ3) is 7.47. The zero-order valence-electron chi connectivity index (χ0n) is 19.7. The summed E-state index contributed by atoms with van der Waals surface area (Å²) < 4.78 is 25.5. The Morgan fingerprint density at radius 2 is 1.94 bits per heavy atom. The van der Waals surface area contributed by atoms with Crippen LogP contribution in [0.1, 0.15) is 57.1 Å². The second kappa shape index (κ2) is 12.8. The highest BCUT2D eigenvalue weighted by Crippen LogP contribution is 2.41. The average molecular weight is 477 g/mol. The quantitative estimate of drug-likeness (QED) is 0.197. The number of halogens is 1. The van der Waals surface area contributed by atoms with Crippen molar-refractivity contribution in [3.05, 3.63) is 59.7 Å². The van der Waals surface area contributed by atoms with E-state index in [4.69, 9.17) is 9.26 Å². The maximum Gasteiger partial charge on any atom is 0.306 e. The molecule has 6 atom stereocenters. The van der Waals surface area contributed by atoms with E-state index in [1.165, 1.54) is 11.1 Å². The number of aliphatic hydroxyl groups is 1. The zero-order valence-corrected chi connectivity index (χ0v) is 20.9. The number of hydrogen-bond donors (Lipinski definition) is 1. The Balaban J connectivity index is 1.50. The van der Waals surface area contributed by atoms with E-state index in [1.54, 1.807) is 6.08 Å². The molecule has 0 spiro atoms. The van der Waals surface area contributed by atoms with Gasteiger partial charge >= 0.3 is 5.97 Å². The molecule has 0 heterocycles. The lowest BCUT2D eigenvalue weighted by Gasteiger charge is -2.21. The monoisotopic (exact) mass is 476 g/mol. The summed E-state index contributed by atoms with van der Waals surface area (Å²) in [5, 5.41) is 10.8. The number of carbonyl (C=O) groups is 1. The lowest BCUT2D eigenvalue weighted by Crippen LogP contribution is -2.22. The van der Waals surface area contributed by atoms with Crippen molar-refractivity contribution in [2.45, 2.75) is 83.3 Å². The zero-order chi connectivity index (χ0) is 23.8. The van der Waals surface area contributed by atoms with Crippen LogP contribution in [0.5, 0.6) is 0 Å². The Bertz CT molecular complexity index is 799. The smallest absolute Gasteiger partial charge is 0.306 e. The van der Waals surface area contributed by atoms with Crippen LogP contribution >= 0.6 is 9.47 Å². The van der Waals surface area contributed by atoms with Gasteiger partial charge in [0.1, 0.15) is 6.17 Å². The van der Waals surface area contributed by atoms with E-state index in [0.29, 0.717) is 19.3 Å². The van der Waals surface area contributed by atoms with Crippen LogP contribution in [0.15, 0.2) is 48.6 Å². The molecule has 0 aromatic heterocycles. The number of ether oxygens (including phenoxy) is 1. The van der Waals surface area contributed by atoms with Crippen LogP contribution < -0.4 is 0 Å². The fourth-order valence-electron chi connectivity index (χ4n) is 5.09. The van der Waals surface area contributed by atoms with Crippen molar-refractivity contribution >= 4 is 15.4 Å². The van der Waals surface area contributed by atoms with E-state index in [1.807, 2.05) is 32.1 Å². The standard InChI is InChI=1S/C27H38FO4P/c1-18(2)31-27(30)12-6-4-3-5-11-23-22(24(28)17-26(23)32-33)13-14-25(29)21-15-19-9-7-8-10-20(19)16-21/h3,5,7-10,13-14,18,21-26,29H,4,6,11-12,15-17,33H2,1-2H3/b5-3-,14-13+/t22-,23-,24?,25?,26?/m1/s1. The van der Waals surface area contributed by atoms with E-state index >= 15 is 0 Å². The molecule has 1 fully saturated rings. The Labute approximate surface area is 199 Å². The highest BCUT2D eigenvalue weighted by atomic mass is 31.0. The number of hydrogen-bond acceptors (Lipinski definition) is 4. The summed E-state index contributed by atoms with van der Waals surface area (Å²) in [5.74, 6) is -0.281. The summed E-state index contributed by atoms with van der Waals surface area (Å²) in [6.07, 6.45) is 10.7. The molecule has 33 heavy (non-hydrogen) atoms. The van der Waals surface area contributed by atoms with Crippen LogP contribution in [-0.4, -0.2) is 35.6 Å². The molecular weight excluding hydrogens is 438 g/mol. The third-order valence-corrected chi connectivity index (χ3v) is 7.16. The molecule has 2 aliphatic carbocycles. The van der Waals surface area contributed by atoms with Gasteiger partial charge in [0.05, 0.1) is 18.3 Å². The summed E-state index contributed by atoms with van der Waals surface area (Å²) in [5.41, 5.74) is 2.60. The molecular formula is C27H38FO4P. The van der Waals surface area contributed by atoms with Crippen LogP contribution in [0, 0.1) is 17.8 Å². The molecule has 4 unspecified atom stereocenters. The molecule has 3 rings (SSSR count). The van der Waals surface area contributed by atoms with E-state index in [0.717, 1.165) is 25.7 Å². The summed E-state index contributed by atoms with van der Waals surface area (Å²) >= 11 is 0. The summed E-state index contributed by atoms with van der Waals surface area (Å²) in [6.45, 7) is 3.69. The van der Waals surface area contributed by atoms with Gasteiger partial charge < -0.3 is 14.4 Å². The maximum atomic E-state index is 14.8. The minimum absolute atomic E-state index is 0.0175. The number of aliphatic hydroxyl groups excluding tert-OH is 1. The van der Waals surface area contributed by atoms with Gasteiger partial charge in [0.2, 0.25) is 0 Å². The minimum atomic E-state index is -0.982. The van der Waals surface area contributed by atoms with Crippen LogP contribution in [0.3, 0.4) is 0 Å². The first-order valence-electron chi connectivity index (χ1n) is 12.2. The summed E-state index contributed by atoms with van der Waals surface area (Å²) in [6, 6.07) is 8.32. The van der Waals surface area contributed by atoms with Crippen LogP contribution in [0.4, 0.5) is 4.39 Å². The first kappa shape index (κ1) is 26.1. The number of unbranched alkanes of at least 4 members (excludes halogenated alkanes) is 1. The Morgan fingerprint density at radius 1 is 1.24 bits per heavy atom. The largest absolute Gasteiger partial charge is 0.463 e. The molecule has 1 aromatic carbocycles. The molecule has 1 saturated carbocycles. The van der Waals surface area contributed by atoms with Crippen molar-refractivity contribution in [2.75, 3.05) is 0 Å². The number of fused-ring (bicyclic) bond motifs is 1.